The summed E-state index contributed by atoms with van der Waals surface area (Å²) in [6.07, 6.45) is 1.99. The first kappa shape index (κ1) is 21.5. The zero-order valence-corrected chi connectivity index (χ0v) is 17.9. The molecule has 1 aromatic heterocycles. The molecule has 1 amide bonds. The highest BCUT2D eigenvalue weighted by atomic mass is 32.2. The number of sulfonamides is 1. The second-order valence-corrected chi connectivity index (χ2v) is 9.38. The van der Waals surface area contributed by atoms with E-state index in [4.69, 9.17) is 4.74 Å². The van der Waals surface area contributed by atoms with Crippen LogP contribution >= 0.6 is 0 Å². The van der Waals surface area contributed by atoms with Gasteiger partial charge in [0.1, 0.15) is 0 Å². The van der Waals surface area contributed by atoms with Crippen molar-refractivity contribution >= 4 is 15.9 Å². The molecule has 9 heteroatoms. The SMILES string of the molecule is CN(C)S(=O)(=O)c1ccc(C(=O)NCC(c2cccn2C)N2CCOCC2)cc1. The summed E-state index contributed by atoms with van der Waals surface area (Å²) >= 11 is 0. The molecule has 0 bridgehead atoms. The molecule has 29 heavy (non-hydrogen) atoms. The van der Waals surface area contributed by atoms with Gasteiger partial charge in [-0.3, -0.25) is 9.69 Å². The van der Waals surface area contributed by atoms with Crippen LogP contribution in [0.25, 0.3) is 0 Å². The zero-order chi connectivity index (χ0) is 21.0. The van der Waals surface area contributed by atoms with E-state index < -0.39 is 10.0 Å². The minimum atomic E-state index is -3.51. The van der Waals surface area contributed by atoms with Crippen LogP contribution in [0, 0.1) is 0 Å². The molecule has 0 saturated carbocycles. The fraction of sp³-hybridized carbons (Fsp3) is 0.450. The van der Waals surface area contributed by atoms with Crippen LogP contribution in [0.2, 0.25) is 0 Å². The molecule has 1 aromatic carbocycles. The minimum Gasteiger partial charge on any atom is -0.379 e. The number of nitrogens with zero attached hydrogens (tertiary/aromatic N) is 3. The largest absolute Gasteiger partial charge is 0.379 e. The molecule has 0 spiro atoms. The van der Waals surface area contributed by atoms with Gasteiger partial charge in [0.05, 0.1) is 24.2 Å². The number of carbonyl (C=O) groups excluding carboxylic acids is 1. The van der Waals surface area contributed by atoms with Crippen LogP contribution < -0.4 is 5.32 Å². The monoisotopic (exact) mass is 420 g/mol. The van der Waals surface area contributed by atoms with E-state index in [0.717, 1.165) is 23.1 Å². The van der Waals surface area contributed by atoms with Gasteiger partial charge in [-0.05, 0) is 36.4 Å². The highest BCUT2D eigenvalue weighted by Gasteiger charge is 2.25. The van der Waals surface area contributed by atoms with Crippen molar-refractivity contribution in [3.05, 3.63) is 53.9 Å². The Morgan fingerprint density at radius 2 is 1.83 bits per heavy atom. The number of ether oxygens (including phenoxy) is 1. The van der Waals surface area contributed by atoms with Crippen molar-refractivity contribution in [3.63, 3.8) is 0 Å². The van der Waals surface area contributed by atoms with E-state index >= 15 is 0 Å². The van der Waals surface area contributed by atoms with Gasteiger partial charge in [-0.2, -0.15) is 0 Å². The molecule has 0 radical (unpaired) electrons. The predicted molar refractivity (Wildman–Crippen MR) is 110 cm³/mol. The average Bonchev–Trinajstić information content (AvgIpc) is 3.14. The molecule has 158 valence electrons. The molecule has 0 aliphatic carbocycles. The van der Waals surface area contributed by atoms with Gasteiger partial charge in [0.2, 0.25) is 10.0 Å². The van der Waals surface area contributed by atoms with Gasteiger partial charge in [0.15, 0.2) is 0 Å². The lowest BCUT2D eigenvalue weighted by Crippen LogP contribution is -2.44. The summed E-state index contributed by atoms with van der Waals surface area (Å²) in [6.45, 7) is 3.42. The molecule has 1 atom stereocenters. The number of rotatable bonds is 7. The van der Waals surface area contributed by atoms with Crippen molar-refractivity contribution in [3.8, 4) is 0 Å². The van der Waals surface area contributed by atoms with E-state index in [1.807, 2.05) is 19.3 Å². The molecule has 1 N–H and O–H groups in total. The zero-order valence-electron chi connectivity index (χ0n) is 17.0. The molecule has 2 heterocycles. The number of benzene rings is 1. The van der Waals surface area contributed by atoms with E-state index in [0.29, 0.717) is 25.3 Å². The fourth-order valence-electron chi connectivity index (χ4n) is 3.41. The number of aryl methyl sites for hydroxylation is 1. The lowest BCUT2D eigenvalue weighted by molar-refractivity contribution is 0.0148. The maximum absolute atomic E-state index is 12.7. The van der Waals surface area contributed by atoms with Crippen molar-refractivity contribution < 1.29 is 17.9 Å². The van der Waals surface area contributed by atoms with Gasteiger partial charge >= 0.3 is 0 Å². The van der Waals surface area contributed by atoms with Crippen LogP contribution in [-0.4, -0.2) is 75.0 Å². The maximum atomic E-state index is 12.7. The molecule has 1 fully saturated rings. The molecule has 1 aliphatic heterocycles. The van der Waals surface area contributed by atoms with Crippen molar-refractivity contribution in [1.82, 2.24) is 19.1 Å². The van der Waals surface area contributed by atoms with Crippen molar-refractivity contribution in [2.24, 2.45) is 7.05 Å². The van der Waals surface area contributed by atoms with E-state index in [2.05, 4.69) is 20.9 Å². The fourth-order valence-corrected chi connectivity index (χ4v) is 4.31. The third-order valence-electron chi connectivity index (χ3n) is 5.16. The Hall–Kier alpha value is -2.20. The first-order valence-corrected chi connectivity index (χ1v) is 11.0. The smallest absolute Gasteiger partial charge is 0.251 e. The maximum Gasteiger partial charge on any atom is 0.251 e. The molecular formula is C20H28N4O4S. The van der Waals surface area contributed by atoms with Crippen LogP contribution in [0.1, 0.15) is 22.1 Å². The second kappa shape index (κ2) is 9.08. The topological polar surface area (TPSA) is 83.9 Å². The third kappa shape index (κ3) is 4.87. The van der Waals surface area contributed by atoms with Gasteiger partial charge in [-0.1, -0.05) is 0 Å². The average molecular weight is 421 g/mol. The Morgan fingerprint density at radius 3 is 2.38 bits per heavy atom. The summed E-state index contributed by atoms with van der Waals surface area (Å²) in [4.78, 5) is 15.1. The van der Waals surface area contributed by atoms with Crippen molar-refractivity contribution in [2.45, 2.75) is 10.9 Å². The third-order valence-corrected chi connectivity index (χ3v) is 6.99. The standard InChI is InChI=1S/C20H28N4O4S/c1-22(2)29(26,27)17-8-6-16(7-9-17)20(25)21-15-19(18-5-4-10-23(18)3)24-11-13-28-14-12-24/h4-10,19H,11-15H2,1-3H3,(H,21,25). The van der Waals surface area contributed by atoms with Crippen molar-refractivity contribution in [2.75, 3.05) is 46.9 Å². The summed E-state index contributed by atoms with van der Waals surface area (Å²) in [7, 11) is 1.44. The Labute approximate surface area is 172 Å². The van der Waals surface area contributed by atoms with Crippen molar-refractivity contribution in [1.29, 1.82) is 0 Å². The van der Waals surface area contributed by atoms with Gasteiger partial charge in [0.25, 0.3) is 5.91 Å². The van der Waals surface area contributed by atoms with Gasteiger partial charge < -0.3 is 14.6 Å². The first-order valence-electron chi connectivity index (χ1n) is 9.54. The Morgan fingerprint density at radius 1 is 1.17 bits per heavy atom. The Balaban J connectivity index is 1.71. The van der Waals surface area contributed by atoms with Crippen LogP contribution in [-0.2, 0) is 21.8 Å². The lowest BCUT2D eigenvalue weighted by Gasteiger charge is -2.35. The summed E-state index contributed by atoms with van der Waals surface area (Å²) in [6, 6.07) is 10.1. The summed E-state index contributed by atoms with van der Waals surface area (Å²) in [5.41, 5.74) is 1.55. The minimum absolute atomic E-state index is 0.0382. The number of carbonyl (C=O) groups is 1. The number of amides is 1. The number of hydrogen-bond acceptors (Lipinski definition) is 5. The first-order chi connectivity index (χ1) is 13.8. The Kier molecular flexibility index (Phi) is 6.74. The number of aromatic nitrogens is 1. The molecule has 1 saturated heterocycles. The van der Waals surface area contributed by atoms with Gasteiger partial charge in [-0.15, -0.1) is 0 Å². The molecule has 2 aromatic rings. The van der Waals surface area contributed by atoms with Crippen LogP contribution in [0.4, 0.5) is 0 Å². The number of hydrogen-bond donors (Lipinski definition) is 1. The quantitative estimate of drug-likeness (QED) is 0.725. The van der Waals surface area contributed by atoms with Crippen LogP contribution in [0.5, 0.6) is 0 Å². The van der Waals surface area contributed by atoms with E-state index in [1.54, 1.807) is 0 Å². The lowest BCUT2D eigenvalue weighted by atomic mass is 10.1. The van der Waals surface area contributed by atoms with Crippen LogP contribution in [0.3, 0.4) is 0 Å². The van der Waals surface area contributed by atoms with Crippen LogP contribution in [0.15, 0.2) is 47.5 Å². The second-order valence-electron chi connectivity index (χ2n) is 7.23. The van der Waals surface area contributed by atoms with E-state index in [1.165, 1.54) is 38.4 Å². The number of nitrogens with one attached hydrogen (secondary N) is 1. The predicted octanol–water partition coefficient (Wildman–Crippen LogP) is 1.08. The molecule has 8 nitrogen and oxygen atoms in total. The molecule has 1 aliphatic rings. The summed E-state index contributed by atoms with van der Waals surface area (Å²) < 4.78 is 33.0. The van der Waals surface area contributed by atoms with Gasteiger partial charge in [0, 0.05) is 58.2 Å². The summed E-state index contributed by atoms with van der Waals surface area (Å²) in [5.74, 6) is -0.230. The molecule has 1 unspecified atom stereocenters. The summed E-state index contributed by atoms with van der Waals surface area (Å²) in [5, 5.41) is 3.00. The Bertz CT molecular complexity index is 932. The van der Waals surface area contributed by atoms with Gasteiger partial charge in [-0.25, -0.2) is 12.7 Å². The van der Waals surface area contributed by atoms with E-state index in [-0.39, 0.29) is 16.8 Å². The normalized spacial score (nSPS) is 16.7. The molecule has 3 rings (SSSR count). The highest BCUT2D eigenvalue weighted by Crippen LogP contribution is 2.22. The number of morpholine rings is 1. The highest BCUT2D eigenvalue weighted by molar-refractivity contribution is 7.89. The van der Waals surface area contributed by atoms with E-state index in [9.17, 15) is 13.2 Å². The molecular weight excluding hydrogens is 392 g/mol.